The standard InChI is InChI=1S/C20H23F4N3O2/c1-18(2,29)11-8-13(21)16-14(9-11)27(12-4-3-5-12)17(26-16)25-15(28)10-19(6-7-19)20(22,23)24/h8-9,12,29H,3-7,10H2,1-2H3,(H,25,26,28). The summed E-state index contributed by atoms with van der Waals surface area (Å²) in [5, 5.41) is 12.8. The second-order valence-electron chi connectivity index (χ2n) is 8.78. The van der Waals surface area contributed by atoms with Crippen molar-refractivity contribution in [3.8, 4) is 0 Å². The van der Waals surface area contributed by atoms with E-state index < -0.39 is 35.3 Å². The summed E-state index contributed by atoms with van der Waals surface area (Å²) in [6.45, 7) is 3.07. The second-order valence-corrected chi connectivity index (χ2v) is 8.78. The third-order valence-electron chi connectivity index (χ3n) is 6.10. The number of anilines is 1. The summed E-state index contributed by atoms with van der Waals surface area (Å²) in [6.07, 6.45) is -2.65. The molecule has 1 aromatic carbocycles. The number of imidazole rings is 1. The molecule has 2 N–H and O–H groups in total. The number of rotatable bonds is 5. The first-order valence-corrected chi connectivity index (χ1v) is 9.72. The fourth-order valence-electron chi connectivity index (χ4n) is 3.80. The maximum absolute atomic E-state index is 14.7. The summed E-state index contributed by atoms with van der Waals surface area (Å²) in [6, 6.07) is 2.79. The minimum atomic E-state index is -4.42. The number of alkyl halides is 3. The van der Waals surface area contributed by atoms with Crippen LogP contribution >= 0.6 is 0 Å². The van der Waals surface area contributed by atoms with Crippen molar-refractivity contribution in [2.75, 3.05) is 5.32 Å². The van der Waals surface area contributed by atoms with E-state index in [1.165, 1.54) is 19.9 Å². The molecule has 0 atom stereocenters. The Balaban J connectivity index is 1.70. The number of amides is 1. The molecule has 4 rings (SSSR count). The number of aromatic nitrogens is 2. The van der Waals surface area contributed by atoms with Crippen LogP contribution in [0.2, 0.25) is 0 Å². The van der Waals surface area contributed by atoms with E-state index in [4.69, 9.17) is 0 Å². The van der Waals surface area contributed by atoms with Gasteiger partial charge in [-0.15, -0.1) is 0 Å². The maximum atomic E-state index is 14.7. The van der Waals surface area contributed by atoms with Gasteiger partial charge in [-0.3, -0.25) is 10.1 Å². The van der Waals surface area contributed by atoms with Crippen LogP contribution in [0.3, 0.4) is 0 Å². The number of hydrogen-bond donors (Lipinski definition) is 2. The Hall–Kier alpha value is -2.16. The predicted octanol–water partition coefficient (Wildman–Crippen LogP) is 4.80. The molecule has 1 aromatic heterocycles. The van der Waals surface area contributed by atoms with Gasteiger partial charge in [0.05, 0.1) is 16.5 Å². The predicted molar refractivity (Wildman–Crippen MR) is 98.8 cm³/mol. The lowest BCUT2D eigenvalue weighted by atomic mass is 9.92. The Morgan fingerprint density at radius 3 is 2.45 bits per heavy atom. The Morgan fingerprint density at radius 1 is 1.31 bits per heavy atom. The van der Waals surface area contributed by atoms with Gasteiger partial charge in [-0.05, 0) is 63.6 Å². The van der Waals surface area contributed by atoms with Crippen molar-refractivity contribution in [1.82, 2.24) is 9.55 Å². The zero-order valence-electron chi connectivity index (χ0n) is 16.2. The quantitative estimate of drug-likeness (QED) is 0.692. The van der Waals surface area contributed by atoms with Crippen LogP contribution in [0.4, 0.5) is 23.5 Å². The average Bonchev–Trinajstić information content (AvgIpc) is 3.23. The molecule has 0 bridgehead atoms. The summed E-state index contributed by atoms with van der Waals surface area (Å²) in [7, 11) is 0. The molecule has 5 nitrogen and oxygen atoms in total. The Kier molecular flexibility index (Phi) is 4.45. The molecule has 29 heavy (non-hydrogen) atoms. The van der Waals surface area contributed by atoms with E-state index in [-0.39, 0.29) is 30.3 Å². The summed E-state index contributed by atoms with van der Waals surface area (Å²) in [5.41, 5.74) is -2.44. The highest BCUT2D eigenvalue weighted by Gasteiger charge is 2.63. The fraction of sp³-hybridized carbons (Fsp3) is 0.600. The maximum Gasteiger partial charge on any atom is 0.395 e. The monoisotopic (exact) mass is 413 g/mol. The van der Waals surface area contributed by atoms with Crippen LogP contribution in [0.1, 0.15) is 64.0 Å². The van der Waals surface area contributed by atoms with Gasteiger partial charge >= 0.3 is 6.18 Å². The zero-order valence-corrected chi connectivity index (χ0v) is 16.2. The van der Waals surface area contributed by atoms with E-state index in [1.54, 1.807) is 10.6 Å². The SMILES string of the molecule is CC(C)(O)c1cc(F)c2nc(NC(=O)CC3(C(F)(F)F)CC3)n(C3CCC3)c2c1. The number of nitrogens with zero attached hydrogens (tertiary/aromatic N) is 2. The fourth-order valence-corrected chi connectivity index (χ4v) is 3.80. The average molecular weight is 413 g/mol. The zero-order chi connectivity index (χ0) is 21.2. The molecule has 0 aliphatic heterocycles. The molecule has 1 amide bonds. The molecule has 2 fully saturated rings. The normalized spacial score (nSPS) is 19.3. The van der Waals surface area contributed by atoms with E-state index >= 15 is 0 Å². The number of carbonyl (C=O) groups excluding carboxylic acids is 1. The molecule has 0 saturated heterocycles. The molecule has 2 aromatic rings. The minimum Gasteiger partial charge on any atom is -0.386 e. The number of fused-ring (bicyclic) bond motifs is 1. The summed E-state index contributed by atoms with van der Waals surface area (Å²) in [5.74, 6) is -1.37. The smallest absolute Gasteiger partial charge is 0.386 e. The first-order chi connectivity index (χ1) is 13.4. The third-order valence-corrected chi connectivity index (χ3v) is 6.10. The number of carbonyl (C=O) groups is 1. The Bertz CT molecular complexity index is 967. The van der Waals surface area contributed by atoms with Crippen molar-refractivity contribution in [3.05, 3.63) is 23.5 Å². The van der Waals surface area contributed by atoms with Gasteiger partial charge in [-0.1, -0.05) is 0 Å². The van der Waals surface area contributed by atoms with Crippen molar-refractivity contribution >= 4 is 22.9 Å². The van der Waals surface area contributed by atoms with E-state index in [1.807, 2.05) is 0 Å². The van der Waals surface area contributed by atoms with Crippen molar-refractivity contribution in [2.45, 2.75) is 70.2 Å². The molecule has 0 radical (unpaired) electrons. The first kappa shape index (κ1) is 20.1. The van der Waals surface area contributed by atoms with Crippen LogP contribution in [0.15, 0.2) is 12.1 Å². The van der Waals surface area contributed by atoms with Gasteiger partial charge in [0.15, 0.2) is 5.82 Å². The van der Waals surface area contributed by atoms with Crippen LogP contribution in [0, 0.1) is 11.2 Å². The lowest BCUT2D eigenvalue weighted by Crippen LogP contribution is -2.30. The molecule has 2 saturated carbocycles. The topological polar surface area (TPSA) is 67.2 Å². The lowest BCUT2D eigenvalue weighted by molar-refractivity contribution is -0.189. The van der Waals surface area contributed by atoms with Crippen LogP contribution < -0.4 is 5.32 Å². The molecule has 0 unspecified atom stereocenters. The molecule has 2 aliphatic carbocycles. The minimum absolute atomic E-state index is 0.0238. The van der Waals surface area contributed by atoms with Crippen molar-refractivity contribution in [3.63, 3.8) is 0 Å². The number of hydrogen-bond acceptors (Lipinski definition) is 3. The van der Waals surface area contributed by atoms with Crippen LogP contribution in [-0.2, 0) is 10.4 Å². The molecular formula is C20H23F4N3O2. The van der Waals surface area contributed by atoms with Gasteiger partial charge in [0.2, 0.25) is 11.9 Å². The highest BCUT2D eigenvalue weighted by atomic mass is 19.4. The van der Waals surface area contributed by atoms with Crippen molar-refractivity contribution in [1.29, 1.82) is 0 Å². The van der Waals surface area contributed by atoms with Gasteiger partial charge in [0, 0.05) is 12.5 Å². The number of nitrogens with one attached hydrogen (secondary N) is 1. The Labute approximate surface area is 165 Å². The molecule has 9 heteroatoms. The third kappa shape index (κ3) is 3.49. The van der Waals surface area contributed by atoms with Crippen molar-refractivity contribution in [2.24, 2.45) is 5.41 Å². The van der Waals surface area contributed by atoms with Gasteiger partial charge in [-0.2, -0.15) is 13.2 Å². The van der Waals surface area contributed by atoms with E-state index in [2.05, 4.69) is 10.3 Å². The largest absolute Gasteiger partial charge is 0.395 e. The van der Waals surface area contributed by atoms with Crippen LogP contribution in [0.25, 0.3) is 11.0 Å². The lowest BCUT2D eigenvalue weighted by Gasteiger charge is -2.29. The summed E-state index contributed by atoms with van der Waals surface area (Å²) in [4.78, 5) is 16.6. The Morgan fingerprint density at radius 2 is 1.97 bits per heavy atom. The molecule has 158 valence electrons. The van der Waals surface area contributed by atoms with E-state index in [0.29, 0.717) is 11.1 Å². The second kappa shape index (κ2) is 6.42. The number of aliphatic hydroxyl groups is 1. The highest BCUT2D eigenvalue weighted by molar-refractivity contribution is 5.92. The van der Waals surface area contributed by atoms with E-state index in [0.717, 1.165) is 19.3 Å². The summed E-state index contributed by atoms with van der Waals surface area (Å²) >= 11 is 0. The number of halogens is 4. The molecule has 2 aliphatic rings. The van der Waals surface area contributed by atoms with E-state index in [9.17, 15) is 27.5 Å². The van der Waals surface area contributed by atoms with Gasteiger partial charge < -0.3 is 9.67 Å². The van der Waals surface area contributed by atoms with Crippen LogP contribution in [0.5, 0.6) is 0 Å². The number of benzene rings is 1. The van der Waals surface area contributed by atoms with Gasteiger partial charge in [0.25, 0.3) is 0 Å². The van der Waals surface area contributed by atoms with Gasteiger partial charge in [0.1, 0.15) is 5.52 Å². The molecular weight excluding hydrogens is 390 g/mol. The highest BCUT2D eigenvalue weighted by Crippen LogP contribution is 2.60. The van der Waals surface area contributed by atoms with Crippen LogP contribution in [-0.4, -0.2) is 26.7 Å². The molecule has 1 heterocycles. The van der Waals surface area contributed by atoms with Crippen molar-refractivity contribution < 1.29 is 27.5 Å². The summed E-state index contributed by atoms with van der Waals surface area (Å²) < 4.78 is 55.9. The first-order valence-electron chi connectivity index (χ1n) is 9.72. The molecule has 0 spiro atoms. The van der Waals surface area contributed by atoms with Gasteiger partial charge in [-0.25, -0.2) is 9.37 Å².